The highest BCUT2D eigenvalue weighted by atomic mass is 16.2. The van der Waals surface area contributed by atoms with E-state index in [2.05, 4.69) is 5.32 Å². The van der Waals surface area contributed by atoms with Gasteiger partial charge in [0.2, 0.25) is 5.91 Å². The lowest BCUT2D eigenvalue weighted by molar-refractivity contribution is -0.133. The molecule has 13 heavy (non-hydrogen) atoms. The van der Waals surface area contributed by atoms with E-state index in [1.165, 1.54) is 0 Å². The second kappa shape index (κ2) is 3.45. The number of amides is 1. The number of nitrogens with one attached hydrogen (secondary N) is 1. The van der Waals surface area contributed by atoms with Crippen LogP contribution in [0.2, 0.25) is 0 Å². The van der Waals surface area contributed by atoms with Gasteiger partial charge in [-0.25, -0.2) is 0 Å². The highest BCUT2D eigenvalue weighted by molar-refractivity contribution is 5.86. The van der Waals surface area contributed by atoms with E-state index in [1.807, 2.05) is 19.1 Å². The summed E-state index contributed by atoms with van der Waals surface area (Å²) in [6, 6.07) is 3.85. The first-order chi connectivity index (χ1) is 6.14. The predicted octanol–water partition coefficient (Wildman–Crippen LogP) is 0.566. The standard InChI is InChI=1S/C9H11N3O/c1-7-4-9(5-7,6-11)8(13)12-3-2-10/h7H,3-5H2,1H3,(H,12,13). The second-order valence-electron chi connectivity index (χ2n) is 3.55. The molecule has 1 fully saturated rings. The molecule has 1 amide bonds. The quantitative estimate of drug-likeness (QED) is 0.626. The zero-order valence-corrected chi connectivity index (χ0v) is 7.50. The van der Waals surface area contributed by atoms with Gasteiger partial charge in [0.15, 0.2) is 0 Å². The molecule has 4 nitrogen and oxygen atoms in total. The Kier molecular flexibility index (Phi) is 2.53. The third kappa shape index (κ3) is 1.62. The van der Waals surface area contributed by atoms with Crippen molar-refractivity contribution >= 4 is 5.91 Å². The van der Waals surface area contributed by atoms with E-state index in [4.69, 9.17) is 10.5 Å². The largest absolute Gasteiger partial charge is 0.342 e. The Morgan fingerprint density at radius 3 is 2.62 bits per heavy atom. The molecule has 0 atom stereocenters. The Hall–Kier alpha value is -1.55. The third-order valence-electron chi connectivity index (χ3n) is 2.37. The van der Waals surface area contributed by atoms with Crippen LogP contribution < -0.4 is 5.32 Å². The molecule has 1 N–H and O–H groups in total. The van der Waals surface area contributed by atoms with Crippen LogP contribution in [0.4, 0.5) is 0 Å². The van der Waals surface area contributed by atoms with Crippen molar-refractivity contribution in [1.82, 2.24) is 5.32 Å². The van der Waals surface area contributed by atoms with Crippen LogP contribution in [0.1, 0.15) is 19.8 Å². The fourth-order valence-electron chi connectivity index (χ4n) is 1.75. The Bertz CT molecular complexity index is 291. The summed E-state index contributed by atoms with van der Waals surface area (Å²) in [5.74, 6) is 0.141. The van der Waals surface area contributed by atoms with Crippen LogP contribution in [0.3, 0.4) is 0 Å². The van der Waals surface area contributed by atoms with E-state index in [0.717, 1.165) is 0 Å². The molecular formula is C9H11N3O. The normalized spacial score (nSPS) is 30.8. The van der Waals surface area contributed by atoms with E-state index in [1.54, 1.807) is 0 Å². The average Bonchev–Trinajstić information content (AvgIpc) is 2.08. The maximum Gasteiger partial charge on any atom is 0.241 e. The smallest absolute Gasteiger partial charge is 0.241 e. The van der Waals surface area contributed by atoms with Gasteiger partial charge in [0.1, 0.15) is 12.0 Å². The summed E-state index contributed by atoms with van der Waals surface area (Å²) < 4.78 is 0. The number of rotatable bonds is 2. The van der Waals surface area contributed by atoms with Gasteiger partial charge in [-0.3, -0.25) is 4.79 Å². The fraction of sp³-hybridized carbons (Fsp3) is 0.667. The van der Waals surface area contributed by atoms with Gasteiger partial charge in [-0.1, -0.05) is 6.92 Å². The SMILES string of the molecule is CC1CC(C#N)(C(=O)NCC#N)C1. The molecule has 0 aromatic carbocycles. The van der Waals surface area contributed by atoms with E-state index >= 15 is 0 Å². The van der Waals surface area contributed by atoms with Gasteiger partial charge < -0.3 is 5.32 Å². The topological polar surface area (TPSA) is 76.7 Å². The zero-order chi connectivity index (χ0) is 9.90. The summed E-state index contributed by atoms with van der Waals surface area (Å²) in [5.41, 5.74) is -0.851. The summed E-state index contributed by atoms with van der Waals surface area (Å²) >= 11 is 0. The maximum absolute atomic E-state index is 11.4. The summed E-state index contributed by atoms with van der Waals surface area (Å²) in [6.45, 7) is 1.99. The number of nitrogens with zero attached hydrogens (tertiary/aromatic N) is 2. The van der Waals surface area contributed by atoms with Gasteiger partial charge in [0, 0.05) is 0 Å². The van der Waals surface area contributed by atoms with Gasteiger partial charge in [0.05, 0.1) is 12.1 Å². The summed E-state index contributed by atoms with van der Waals surface area (Å²) in [6.07, 6.45) is 1.22. The van der Waals surface area contributed by atoms with Crippen molar-refractivity contribution in [3.05, 3.63) is 0 Å². The fourth-order valence-corrected chi connectivity index (χ4v) is 1.75. The van der Waals surface area contributed by atoms with Gasteiger partial charge in [0.25, 0.3) is 0 Å². The van der Waals surface area contributed by atoms with Crippen LogP contribution in [0.25, 0.3) is 0 Å². The zero-order valence-electron chi connectivity index (χ0n) is 7.50. The Morgan fingerprint density at radius 1 is 1.62 bits per heavy atom. The Morgan fingerprint density at radius 2 is 2.23 bits per heavy atom. The lowest BCUT2D eigenvalue weighted by Gasteiger charge is -2.38. The molecule has 1 saturated carbocycles. The summed E-state index contributed by atoms with van der Waals surface area (Å²) in [7, 11) is 0. The van der Waals surface area contributed by atoms with Crippen molar-refractivity contribution in [1.29, 1.82) is 10.5 Å². The van der Waals surface area contributed by atoms with E-state index in [0.29, 0.717) is 18.8 Å². The molecule has 0 aliphatic heterocycles. The highest BCUT2D eigenvalue weighted by Gasteiger charge is 2.48. The Labute approximate surface area is 77.1 Å². The van der Waals surface area contributed by atoms with E-state index in [-0.39, 0.29) is 12.5 Å². The second-order valence-corrected chi connectivity index (χ2v) is 3.55. The molecule has 0 unspecified atom stereocenters. The molecule has 0 aromatic heterocycles. The number of nitriles is 2. The van der Waals surface area contributed by atoms with Crippen molar-refractivity contribution in [3.63, 3.8) is 0 Å². The van der Waals surface area contributed by atoms with Crippen molar-refractivity contribution < 1.29 is 4.79 Å². The molecule has 0 spiro atoms. The molecule has 1 aliphatic carbocycles. The maximum atomic E-state index is 11.4. The molecule has 0 heterocycles. The van der Waals surface area contributed by atoms with Gasteiger partial charge in [-0.15, -0.1) is 0 Å². The molecule has 1 rings (SSSR count). The minimum Gasteiger partial charge on any atom is -0.342 e. The molecule has 0 bridgehead atoms. The minimum atomic E-state index is -0.851. The molecule has 4 heteroatoms. The molecule has 1 aliphatic rings. The van der Waals surface area contributed by atoms with Crippen LogP contribution in [-0.4, -0.2) is 12.5 Å². The first kappa shape index (κ1) is 9.54. The van der Waals surface area contributed by atoms with Crippen LogP contribution in [-0.2, 0) is 4.79 Å². The summed E-state index contributed by atoms with van der Waals surface area (Å²) in [5, 5.41) is 19.5. The van der Waals surface area contributed by atoms with Crippen molar-refractivity contribution in [2.24, 2.45) is 11.3 Å². The third-order valence-corrected chi connectivity index (χ3v) is 2.37. The molecular weight excluding hydrogens is 166 g/mol. The molecule has 0 saturated heterocycles. The van der Waals surface area contributed by atoms with Crippen molar-refractivity contribution in [3.8, 4) is 12.1 Å². The van der Waals surface area contributed by atoms with Crippen LogP contribution in [0.15, 0.2) is 0 Å². The van der Waals surface area contributed by atoms with Crippen LogP contribution in [0.5, 0.6) is 0 Å². The molecule has 0 radical (unpaired) electrons. The van der Waals surface area contributed by atoms with Gasteiger partial charge in [-0.2, -0.15) is 10.5 Å². The summed E-state index contributed by atoms with van der Waals surface area (Å²) in [4.78, 5) is 11.4. The van der Waals surface area contributed by atoms with Gasteiger partial charge in [-0.05, 0) is 18.8 Å². The van der Waals surface area contributed by atoms with Crippen LogP contribution in [0, 0.1) is 34.0 Å². The van der Waals surface area contributed by atoms with Crippen LogP contribution >= 0.6 is 0 Å². The number of carbonyl (C=O) groups is 1. The van der Waals surface area contributed by atoms with Crippen molar-refractivity contribution in [2.75, 3.05) is 6.54 Å². The minimum absolute atomic E-state index is 0.0172. The van der Waals surface area contributed by atoms with Crippen molar-refractivity contribution in [2.45, 2.75) is 19.8 Å². The predicted molar refractivity (Wildman–Crippen MR) is 45.1 cm³/mol. The lowest BCUT2D eigenvalue weighted by atomic mass is 9.63. The molecule has 68 valence electrons. The Balaban J connectivity index is 2.55. The number of hydrogen-bond donors (Lipinski definition) is 1. The number of hydrogen-bond acceptors (Lipinski definition) is 3. The number of carbonyl (C=O) groups excluding carboxylic acids is 1. The van der Waals surface area contributed by atoms with Gasteiger partial charge >= 0.3 is 0 Å². The average molecular weight is 177 g/mol. The first-order valence-corrected chi connectivity index (χ1v) is 4.21. The van der Waals surface area contributed by atoms with E-state index < -0.39 is 5.41 Å². The van der Waals surface area contributed by atoms with E-state index in [9.17, 15) is 4.79 Å². The highest BCUT2D eigenvalue weighted by Crippen LogP contribution is 2.44. The lowest BCUT2D eigenvalue weighted by Crippen LogP contribution is -2.48. The molecule has 0 aromatic rings. The monoisotopic (exact) mass is 177 g/mol. The first-order valence-electron chi connectivity index (χ1n) is 4.21.